The molecule has 0 bridgehead atoms. The van der Waals surface area contributed by atoms with Crippen LogP contribution in [0.4, 0.5) is 5.69 Å². The Hall–Kier alpha value is -1.99. The van der Waals surface area contributed by atoms with Gasteiger partial charge in [0, 0.05) is 30.8 Å². The molecule has 1 heterocycles. The molecule has 1 saturated heterocycles. The summed E-state index contributed by atoms with van der Waals surface area (Å²) in [6, 6.07) is 4.53. The number of ether oxygens (including phenoxy) is 1. The van der Waals surface area contributed by atoms with Crippen molar-refractivity contribution in [2.45, 2.75) is 25.3 Å². The minimum absolute atomic E-state index is 0.0433. The summed E-state index contributed by atoms with van der Waals surface area (Å²) in [6.07, 6.45) is 1.96. The lowest BCUT2D eigenvalue weighted by Gasteiger charge is -2.29. The molecular weight excluding hydrogens is 286 g/mol. The summed E-state index contributed by atoms with van der Waals surface area (Å²) in [5.74, 6) is -0.301. The minimum atomic E-state index is -0.475. The molecule has 0 saturated carbocycles. The third kappa shape index (κ3) is 3.42. The van der Waals surface area contributed by atoms with Crippen LogP contribution in [-0.2, 0) is 4.74 Å². The van der Waals surface area contributed by atoms with E-state index in [4.69, 9.17) is 4.74 Å². The van der Waals surface area contributed by atoms with Gasteiger partial charge in [0.05, 0.1) is 17.1 Å². The van der Waals surface area contributed by atoms with Crippen LogP contribution in [0.25, 0.3) is 0 Å². The van der Waals surface area contributed by atoms with E-state index in [0.29, 0.717) is 24.3 Å². The highest BCUT2D eigenvalue weighted by Gasteiger charge is 2.34. The highest BCUT2D eigenvalue weighted by atomic mass is 16.6. The number of rotatable bonds is 6. The van der Waals surface area contributed by atoms with Gasteiger partial charge in [0.15, 0.2) is 0 Å². The van der Waals surface area contributed by atoms with E-state index >= 15 is 0 Å². The second-order valence-electron chi connectivity index (χ2n) is 5.63. The van der Waals surface area contributed by atoms with E-state index in [1.54, 1.807) is 20.1 Å². The summed E-state index contributed by atoms with van der Waals surface area (Å²) in [4.78, 5) is 22.8. The van der Waals surface area contributed by atoms with Crippen LogP contribution < -0.4 is 10.6 Å². The van der Waals surface area contributed by atoms with Crippen LogP contribution in [0, 0.1) is 17.0 Å². The Bertz CT molecular complexity index is 568. The van der Waals surface area contributed by atoms with Gasteiger partial charge in [-0.1, -0.05) is 6.07 Å². The molecule has 120 valence electrons. The van der Waals surface area contributed by atoms with Crippen LogP contribution >= 0.6 is 0 Å². The van der Waals surface area contributed by atoms with Gasteiger partial charge >= 0.3 is 0 Å². The highest BCUT2D eigenvalue weighted by Crippen LogP contribution is 2.22. The molecule has 2 rings (SSSR count). The van der Waals surface area contributed by atoms with Crippen LogP contribution in [0.5, 0.6) is 0 Å². The van der Waals surface area contributed by atoms with Gasteiger partial charge < -0.3 is 15.4 Å². The van der Waals surface area contributed by atoms with Crippen molar-refractivity contribution in [2.24, 2.45) is 0 Å². The molecule has 7 nitrogen and oxygen atoms in total. The molecule has 1 amide bonds. The average Bonchev–Trinajstić information content (AvgIpc) is 2.94. The van der Waals surface area contributed by atoms with E-state index in [1.165, 1.54) is 12.1 Å². The number of amides is 1. The summed E-state index contributed by atoms with van der Waals surface area (Å²) in [7, 11) is 1.63. The monoisotopic (exact) mass is 307 g/mol. The van der Waals surface area contributed by atoms with Crippen molar-refractivity contribution in [1.82, 2.24) is 10.6 Å². The number of carbonyl (C=O) groups is 1. The molecule has 1 fully saturated rings. The Morgan fingerprint density at radius 3 is 2.91 bits per heavy atom. The summed E-state index contributed by atoms with van der Waals surface area (Å²) >= 11 is 0. The first-order valence-electron chi connectivity index (χ1n) is 7.25. The maximum atomic E-state index is 12.3. The van der Waals surface area contributed by atoms with Crippen LogP contribution in [-0.4, -0.2) is 43.2 Å². The Labute approximate surface area is 129 Å². The average molecular weight is 307 g/mol. The van der Waals surface area contributed by atoms with Crippen molar-refractivity contribution in [3.63, 3.8) is 0 Å². The normalized spacial score (nSPS) is 20.8. The van der Waals surface area contributed by atoms with Gasteiger partial charge in [-0.15, -0.1) is 0 Å². The Morgan fingerprint density at radius 2 is 2.32 bits per heavy atom. The van der Waals surface area contributed by atoms with E-state index in [-0.39, 0.29) is 17.1 Å². The van der Waals surface area contributed by atoms with E-state index in [2.05, 4.69) is 10.6 Å². The van der Waals surface area contributed by atoms with Gasteiger partial charge in [-0.2, -0.15) is 0 Å². The largest absolute Gasteiger partial charge is 0.383 e. The predicted octanol–water partition coefficient (Wildman–Crippen LogP) is 1.40. The van der Waals surface area contributed by atoms with Crippen molar-refractivity contribution in [2.75, 3.05) is 26.8 Å². The third-order valence-corrected chi connectivity index (χ3v) is 4.09. The maximum Gasteiger partial charge on any atom is 0.273 e. The van der Waals surface area contributed by atoms with E-state index < -0.39 is 4.92 Å². The molecule has 0 spiro atoms. The molecule has 1 aliphatic heterocycles. The fourth-order valence-corrected chi connectivity index (χ4v) is 2.88. The van der Waals surface area contributed by atoms with Crippen molar-refractivity contribution in [3.8, 4) is 0 Å². The molecule has 0 aliphatic carbocycles. The van der Waals surface area contributed by atoms with Crippen molar-refractivity contribution >= 4 is 11.6 Å². The summed E-state index contributed by atoms with van der Waals surface area (Å²) in [6.45, 7) is 3.43. The number of hydrogen-bond donors (Lipinski definition) is 2. The minimum Gasteiger partial charge on any atom is -0.383 e. The van der Waals surface area contributed by atoms with Gasteiger partial charge in [0.1, 0.15) is 0 Å². The Morgan fingerprint density at radius 1 is 1.55 bits per heavy atom. The summed E-state index contributed by atoms with van der Waals surface area (Å²) < 4.78 is 5.24. The van der Waals surface area contributed by atoms with E-state index in [1.807, 2.05) is 0 Å². The molecule has 1 atom stereocenters. The fraction of sp³-hybridized carbons (Fsp3) is 0.533. The number of nitrogens with zero attached hydrogens (tertiary/aromatic N) is 1. The SMILES string of the molecule is COCC1(CNC(=O)c2cccc([N+](=O)[O-])c2C)CCCN1. The van der Waals surface area contributed by atoms with Crippen molar-refractivity contribution < 1.29 is 14.5 Å². The third-order valence-electron chi connectivity index (χ3n) is 4.09. The van der Waals surface area contributed by atoms with E-state index in [0.717, 1.165) is 19.4 Å². The Balaban J connectivity index is 2.09. The topological polar surface area (TPSA) is 93.5 Å². The van der Waals surface area contributed by atoms with Crippen molar-refractivity contribution in [1.29, 1.82) is 0 Å². The van der Waals surface area contributed by atoms with Gasteiger partial charge in [0.25, 0.3) is 11.6 Å². The smallest absolute Gasteiger partial charge is 0.273 e. The first kappa shape index (κ1) is 16.4. The molecule has 22 heavy (non-hydrogen) atoms. The molecule has 0 aromatic heterocycles. The first-order chi connectivity index (χ1) is 10.5. The van der Waals surface area contributed by atoms with Gasteiger partial charge in [-0.25, -0.2) is 0 Å². The number of nitro groups is 1. The molecule has 1 aromatic rings. The number of methoxy groups -OCH3 is 1. The number of benzene rings is 1. The molecule has 7 heteroatoms. The van der Waals surface area contributed by atoms with Gasteiger partial charge in [-0.3, -0.25) is 14.9 Å². The second-order valence-corrected chi connectivity index (χ2v) is 5.63. The quantitative estimate of drug-likeness (QED) is 0.612. The number of nitro benzene ring substituents is 1. The number of hydrogen-bond acceptors (Lipinski definition) is 5. The fourth-order valence-electron chi connectivity index (χ4n) is 2.88. The molecule has 1 unspecified atom stereocenters. The van der Waals surface area contributed by atoms with Crippen LogP contribution in [0.2, 0.25) is 0 Å². The van der Waals surface area contributed by atoms with Crippen LogP contribution in [0.15, 0.2) is 18.2 Å². The van der Waals surface area contributed by atoms with Crippen molar-refractivity contribution in [3.05, 3.63) is 39.4 Å². The predicted molar refractivity (Wildman–Crippen MR) is 82.0 cm³/mol. The zero-order valence-electron chi connectivity index (χ0n) is 12.8. The molecule has 1 aliphatic rings. The number of nitrogens with one attached hydrogen (secondary N) is 2. The van der Waals surface area contributed by atoms with Gasteiger partial charge in [-0.05, 0) is 32.4 Å². The van der Waals surface area contributed by atoms with Gasteiger partial charge in [0.2, 0.25) is 0 Å². The lowest BCUT2D eigenvalue weighted by atomic mass is 9.98. The summed E-state index contributed by atoms with van der Waals surface area (Å²) in [5, 5.41) is 17.2. The lowest BCUT2D eigenvalue weighted by Crippen LogP contribution is -2.53. The lowest BCUT2D eigenvalue weighted by molar-refractivity contribution is -0.385. The molecular formula is C15H21N3O4. The zero-order chi connectivity index (χ0) is 16.2. The first-order valence-corrected chi connectivity index (χ1v) is 7.25. The second kappa shape index (κ2) is 6.85. The zero-order valence-corrected chi connectivity index (χ0v) is 12.8. The maximum absolute atomic E-state index is 12.3. The molecule has 1 aromatic carbocycles. The Kier molecular flexibility index (Phi) is 5.10. The van der Waals surface area contributed by atoms with Crippen LogP contribution in [0.3, 0.4) is 0 Å². The summed E-state index contributed by atoms with van der Waals surface area (Å²) in [5.41, 5.74) is 0.419. The molecule has 2 N–H and O–H groups in total. The highest BCUT2D eigenvalue weighted by molar-refractivity contribution is 5.96. The van der Waals surface area contributed by atoms with Crippen LogP contribution in [0.1, 0.15) is 28.8 Å². The standard InChI is InChI=1S/C15H21N3O4/c1-11-12(5-3-6-13(11)18(20)21)14(19)16-9-15(10-22-2)7-4-8-17-15/h3,5-6,17H,4,7-10H2,1-2H3,(H,16,19). The van der Waals surface area contributed by atoms with E-state index in [9.17, 15) is 14.9 Å². The number of carbonyl (C=O) groups excluding carboxylic acids is 1. The molecule has 0 radical (unpaired) electrons.